The summed E-state index contributed by atoms with van der Waals surface area (Å²) in [5.41, 5.74) is 2.79. The van der Waals surface area contributed by atoms with Crippen LogP contribution in [0.5, 0.6) is 5.75 Å². The number of aliphatic hydroxyl groups excluding tert-OH is 1. The minimum Gasteiger partial charge on any atom is -0.424 e. The number of rotatable bonds is 14. The van der Waals surface area contributed by atoms with Crippen molar-refractivity contribution in [3.8, 4) is 5.75 Å². The quantitative estimate of drug-likeness (QED) is 0.209. The van der Waals surface area contributed by atoms with Crippen molar-refractivity contribution >= 4 is 5.97 Å². The summed E-state index contributed by atoms with van der Waals surface area (Å²) < 4.78 is 5.35. The van der Waals surface area contributed by atoms with Crippen LogP contribution in [-0.4, -0.2) is 11.1 Å². The number of carbonyl (C=O) groups is 1. The molecule has 0 fully saturated rings. The average molecular weight is 389 g/mol. The second-order valence-corrected chi connectivity index (χ2v) is 8.67. The van der Waals surface area contributed by atoms with E-state index >= 15 is 0 Å². The second-order valence-electron chi connectivity index (χ2n) is 8.67. The molecule has 2 unspecified atom stereocenters. The maximum absolute atomic E-state index is 11.7. The monoisotopic (exact) mass is 388 g/mol. The van der Waals surface area contributed by atoms with Crippen LogP contribution in [0.3, 0.4) is 0 Å². The van der Waals surface area contributed by atoms with Gasteiger partial charge in [0.05, 0.1) is 0 Å². The summed E-state index contributed by atoms with van der Waals surface area (Å²) in [6.07, 6.45) is 16.3. The smallest absolute Gasteiger partial charge is 0.345 e. The molecule has 1 aliphatic rings. The van der Waals surface area contributed by atoms with Crippen LogP contribution in [0.1, 0.15) is 126 Å². The van der Waals surface area contributed by atoms with Crippen molar-refractivity contribution in [2.45, 2.75) is 116 Å². The Morgan fingerprint density at radius 2 is 1.46 bits per heavy atom. The lowest BCUT2D eigenvalue weighted by Crippen LogP contribution is -2.08. The lowest BCUT2D eigenvalue weighted by molar-refractivity contribution is -0.140. The Bertz CT molecular complexity index is 608. The van der Waals surface area contributed by atoms with Gasteiger partial charge in [0.15, 0.2) is 6.10 Å². The number of esters is 1. The fourth-order valence-electron chi connectivity index (χ4n) is 4.25. The van der Waals surface area contributed by atoms with Crippen LogP contribution in [0.25, 0.3) is 0 Å². The van der Waals surface area contributed by atoms with Crippen LogP contribution >= 0.6 is 0 Å². The molecule has 3 nitrogen and oxygen atoms in total. The zero-order chi connectivity index (χ0) is 20.4. The van der Waals surface area contributed by atoms with E-state index in [4.69, 9.17) is 4.74 Å². The van der Waals surface area contributed by atoms with Crippen LogP contribution in [0.4, 0.5) is 0 Å². The molecule has 0 spiro atoms. The van der Waals surface area contributed by atoms with Gasteiger partial charge in [0.25, 0.3) is 0 Å². The second kappa shape index (κ2) is 12.3. The largest absolute Gasteiger partial charge is 0.424 e. The van der Waals surface area contributed by atoms with Crippen LogP contribution < -0.4 is 4.74 Å². The van der Waals surface area contributed by atoms with Gasteiger partial charge < -0.3 is 9.84 Å². The molecule has 1 heterocycles. The van der Waals surface area contributed by atoms with Gasteiger partial charge in [-0.15, -0.1) is 0 Å². The molecule has 3 heteroatoms. The van der Waals surface area contributed by atoms with Crippen LogP contribution in [0.2, 0.25) is 0 Å². The van der Waals surface area contributed by atoms with Crippen molar-refractivity contribution in [3.63, 3.8) is 0 Å². The van der Waals surface area contributed by atoms with Crippen molar-refractivity contribution in [3.05, 3.63) is 28.8 Å². The molecule has 0 saturated heterocycles. The summed E-state index contributed by atoms with van der Waals surface area (Å²) in [5.74, 6) is 0.406. The average Bonchev–Trinajstić information content (AvgIpc) is 2.96. The number of carbonyl (C=O) groups excluding carboxylic acids is 1. The number of aryl methyl sites for hydroxylation is 1. The Balaban J connectivity index is 1.61. The lowest BCUT2D eigenvalue weighted by Gasteiger charge is -2.16. The maximum Gasteiger partial charge on any atom is 0.345 e. The van der Waals surface area contributed by atoms with Crippen molar-refractivity contribution in [1.82, 2.24) is 0 Å². The minimum atomic E-state index is -1.12. The van der Waals surface area contributed by atoms with Crippen LogP contribution in [0, 0.1) is 6.92 Å². The fourth-order valence-corrected chi connectivity index (χ4v) is 4.25. The Hall–Kier alpha value is -1.35. The summed E-state index contributed by atoms with van der Waals surface area (Å²) in [7, 11) is 0. The third-order valence-electron chi connectivity index (χ3n) is 6.03. The summed E-state index contributed by atoms with van der Waals surface area (Å²) in [5, 5.41) is 9.99. The van der Waals surface area contributed by atoms with E-state index in [0.717, 1.165) is 17.5 Å². The molecule has 1 N–H and O–H groups in total. The zero-order valence-corrected chi connectivity index (χ0v) is 18.3. The number of fused-ring (bicyclic) bond motifs is 1. The molecule has 28 heavy (non-hydrogen) atoms. The third-order valence-corrected chi connectivity index (χ3v) is 6.03. The van der Waals surface area contributed by atoms with E-state index in [1.807, 2.05) is 13.0 Å². The predicted molar refractivity (Wildman–Crippen MR) is 116 cm³/mol. The molecule has 0 radical (unpaired) electrons. The number of unbranched alkanes of at least 4 members (excludes halogenated alkanes) is 11. The highest BCUT2D eigenvalue weighted by molar-refractivity contribution is 5.85. The lowest BCUT2D eigenvalue weighted by atomic mass is 9.90. The van der Waals surface area contributed by atoms with Crippen molar-refractivity contribution in [1.29, 1.82) is 0 Å². The number of benzene rings is 1. The molecule has 1 aromatic carbocycles. The standard InChI is InChI=1S/C25H40O3/c1-4-5-6-7-8-9-10-11-12-13-14-15-16-20(3)21-17-19(2)18-22-23(26)25(27)28-24(21)22/h17-18,20,23,26H,4-16H2,1-3H3. The summed E-state index contributed by atoms with van der Waals surface area (Å²) in [6, 6.07) is 3.97. The zero-order valence-electron chi connectivity index (χ0n) is 18.3. The molecule has 0 bridgehead atoms. The normalized spacial score (nSPS) is 16.9. The molecule has 1 aromatic rings. The highest BCUT2D eigenvalue weighted by Gasteiger charge is 2.34. The van der Waals surface area contributed by atoms with E-state index in [2.05, 4.69) is 19.9 Å². The highest BCUT2D eigenvalue weighted by atomic mass is 16.6. The Morgan fingerprint density at radius 3 is 2.04 bits per heavy atom. The number of hydrogen-bond acceptors (Lipinski definition) is 3. The molecular weight excluding hydrogens is 348 g/mol. The summed E-state index contributed by atoms with van der Waals surface area (Å²) in [6.45, 7) is 6.48. The van der Waals surface area contributed by atoms with Gasteiger partial charge in [0.1, 0.15) is 5.75 Å². The summed E-state index contributed by atoms with van der Waals surface area (Å²) in [4.78, 5) is 11.7. The molecule has 0 aromatic heterocycles. The number of hydrogen-bond donors (Lipinski definition) is 1. The minimum absolute atomic E-state index is 0.342. The van der Waals surface area contributed by atoms with Gasteiger partial charge in [-0.3, -0.25) is 0 Å². The molecule has 0 aliphatic carbocycles. The van der Waals surface area contributed by atoms with Gasteiger partial charge in [0, 0.05) is 5.56 Å². The summed E-state index contributed by atoms with van der Waals surface area (Å²) >= 11 is 0. The van der Waals surface area contributed by atoms with E-state index in [0.29, 0.717) is 17.2 Å². The van der Waals surface area contributed by atoms with E-state index in [1.54, 1.807) is 0 Å². The Kier molecular flexibility index (Phi) is 10.0. The van der Waals surface area contributed by atoms with Gasteiger partial charge in [-0.05, 0) is 30.9 Å². The predicted octanol–water partition coefficient (Wildman–Crippen LogP) is 7.14. The van der Waals surface area contributed by atoms with E-state index in [9.17, 15) is 9.90 Å². The van der Waals surface area contributed by atoms with Crippen molar-refractivity contribution in [2.75, 3.05) is 0 Å². The number of ether oxygens (including phenoxy) is 1. The first kappa shape index (κ1) is 22.9. The first-order valence-corrected chi connectivity index (χ1v) is 11.6. The number of aliphatic hydroxyl groups is 1. The molecule has 0 amide bonds. The van der Waals surface area contributed by atoms with Gasteiger partial charge in [-0.1, -0.05) is 103 Å². The van der Waals surface area contributed by atoms with Crippen LogP contribution in [-0.2, 0) is 4.79 Å². The van der Waals surface area contributed by atoms with Crippen molar-refractivity contribution in [2.24, 2.45) is 0 Å². The first-order chi connectivity index (χ1) is 13.5. The third kappa shape index (κ3) is 6.92. The Morgan fingerprint density at radius 1 is 0.929 bits per heavy atom. The van der Waals surface area contributed by atoms with E-state index in [1.165, 1.54) is 77.0 Å². The molecule has 0 saturated carbocycles. The van der Waals surface area contributed by atoms with Gasteiger partial charge in [-0.25, -0.2) is 4.79 Å². The maximum atomic E-state index is 11.7. The molecular formula is C25H40O3. The van der Waals surface area contributed by atoms with E-state index < -0.39 is 12.1 Å². The Labute approximate surface area is 171 Å². The first-order valence-electron chi connectivity index (χ1n) is 11.6. The van der Waals surface area contributed by atoms with Crippen molar-refractivity contribution < 1.29 is 14.6 Å². The fraction of sp³-hybridized carbons (Fsp3) is 0.720. The van der Waals surface area contributed by atoms with E-state index in [-0.39, 0.29) is 0 Å². The van der Waals surface area contributed by atoms with Gasteiger partial charge in [0.2, 0.25) is 0 Å². The highest BCUT2D eigenvalue weighted by Crippen LogP contribution is 2.41. The van der Waals surface area contributed by atoms with Gasteiger partial charge in [-0.2, -0.15) is 0 Å². The molecule has 2 atom stereocenters. The topological polar surface area (TPSA) is 46.5 Å². The SMILES string of the molecule is CCCCCCCCCCCCCCC(C)c1cc(C)cc2c1OC(=O)C2O. The molecule has 1 aliphatic heterocycles. The van der Waals surface area contributed by atoms with Crippen LogP contribution in [0.15, 0.2) is 12.1 Å². The molecule has 2 rings (SSSR count). The molecule has 158 valence electrons. The van der Waals surface area contributed by atoms with Gasteiger partial charge >= 0.3 is 5.97 Å².